The minimum absolute atomic E-state index is 0.0549. The Bertz CT molecular complexity index is 834. The van der Waals surface area contributed by atoms with Crippen LogP contribution in [0.4, 0.5) is 4.39 Å². The fourth-order valence-corrected chi connectivity index (χ4v) is 2.07. The summed E-state index contributed by atoms with van der Waals surface area (Å²) in [6.45, 7) is 0. The summed E-state index contributed by atoms with van der Waals surface area (Å²) in [7, 11) is 0. The zero-order valence-corrected chi connectivity index (χ0v) is 11.4. The highest BCUT2D eigenvalue weighted by Crippen LogP contribution is 2.21. The second-order valence-corrected chi connectivity index (χ2v) is 4.73. The third kappa shape index (κ3) is 2.64. The van der Waals surface area contributed by atoms with Gasteiger partial charge in [0.15, 0.2) is 5.82 Å². The molecule has 0 saturated carbocycles. The lowest BCUT2D eigenvalue weighted by molar-refractivity contribution is 0.422. The number of halogens is 2. The summed E-state index contributed by atoms with van der Waals surface area (Å²) in [5, 5.41) is 12.6. The molecule has 0 aliphatic rings. The Morgan fingerprint density at radius 3 is 3.05 bits per heavy atom. The molecule has 0 atom stereocenters. The molecule has 21 heavy (non-hydrogen) atoms. The number of rotatable bonds is 3. The molecule has 1 N–H and O–H groups in total. The number of hydrogen-bond acceptors (Lipinski definition) is 4. The summed E-state index contributed by atoms with van der Waals surface area (Å²) >= 11 is 5.73. The lowest BCUT2D eigenvalue weighted by atomic mass is 10.1. The molecule has 0 saturated heterocycles. The van der Waals surface area contributed by atoms with Crippen molar-refractivity contribution in [1.29, 1.82) is 5.26 Å². The molecule has 0 bridgehead atoms. The number of nitriles is 1. The van der Waals surface area contributed by atoms with Gasteiger partial charge < -0.3 is 9.51 Å². The average molecular weight is 303 g/mol. The molecule has 0 aliphatic carbocycles. The normalized spacial score (nSPS) is 10.5. The van der Waals surface area contributed by atoms with Gasteiger partial charge in [0.2, 0.25) is 0 Å². The van der Waals surface area contributed by atoms with E-state index in [4.69, 9.17) is 21.4 Å². The van der Waals surface area contributed by atoms with Crippen molar-refractivity contribution in [2.45, 2.75) is 6.42 Å². The standard InChI is InChI=1S/C14H8ClFN4O/c15-10-3-1-2-9(13(10)16)5-12-19-14(21-20-12)11-4-8(6-17)7-18-11/h1-4,7,18H,5H2. The van der Waals surface area contributed by atoms with E-state index in [0.717, 1.165) is 0 Å². The largest absolute Gasteiger partial charge is 0.356 e. The van der Waals surface area contributed by atoms with Crippen LogP contribution < -0.4 is 0 Å². The van der Waals surface area contributed by atoms with Crippen LogP contribution in [0.5, 0.6) is 0 Å². The second kappa shape index (κ2) is 5.38. The molecule has 1 aromatic carbocycles. The van der Waals surface area contributed by atoms with E-state index in [1.165, 1.54) is 12.3 Å². The Kier molecular flexibility index (Phi) is 3.42. The minimum atomic E-state index is -0.489. The first-order valence-electron chi connectivity index (χ1n) is 6.01. The van der Waals surface area contributed by atoms with E-state index in [9.17, 15) is 4.39 Å². The van der Waals surface area contributed by atoms with Crippen LogP contribution in [0.2, 0.25) is 5.02 Å². The van der Waals surface area contributed by atoms with E-state index in [1.807, 2.05) is 6.07 Å². The van der Waals surface area contributed by atoms with Crippen molar-refractivity contribution in [3.63, 3.8) is 0 Å². The molecule has 2 heterocycles. The van der Waals surface area contributed by atoms with Crippen molar-refractivity contribution in [1.82, 2.24) is 15.1 Å². The number of aromatic amines is 1. The summed E-state index contributed by atoms with van der Waals surface area (Å²) in [5.74, 6) is 0.0883. The third-order valence-corrected chi connectivity index (χ3v) is 3.18. The van der Waals surface area contributed by atoms with Crippen LogP contribution in [0, 0.1) is 17.1 Å². The van der Waals surface area contributed by atoms with E-state index >= 15 is 0 Å². The Morgan fingerprint density at radius 2 is 2.29 bits per heavy atom. The molecule has 104 valence electrons. The third-order valence-electron chi connectivity index (χ3n) is 2.89. The predicted molar refractivity (Wildman–Crippen MR) is 73.0 cm³/mol. The quantitative estimate of drug-likeness (QED) is 0.805. The first-order valence-corrected chi connectivity index (χ1v) is 6.39. The Balaban J connectivity index is 1.85. The predicted octanol–water partition coefficient (Wildman–Crippen LogP) is 3.32. The van der Waals surface area contributed by atoms with Gasteiger partial charge in [0.1, 0.15) is 17.6 Å². The highest BCUT2D eigenvalue weighted by atomic mass is 35.5. The zero-order valence-electron chi connectivity index (χ0n) is 10.6. The summed E-state index contributed by atoms with van der Waals surface area (Å²) in [5.41, 5.74) is 1.39. The fraction of sp³-hybridized carbons (Fsp3) is 0.0714. The van der Waals surface area contributed by atoms with Crippen molar-refractivity contribution in [3.05, 3.63) is 58.3 Å². The summed E-state index contributed by atoms with van der Waals surface area (Å²) in [4.78, 5) is 7.02. The van der Waals surface area contributed by atoms with Crippen LogP contribution >= 0.6 is 11.6 Å². The van der Waals surface area contributed by atoms with Gasteiger partial charge in [-0.2, -0.15) is 10.2 Å². The molecule has 0 fully saturated rings. The van der Waals surface area contributed by atoms with Crippen LogP contribution in [0.25, 0.3) is 11.6 Å². The van der Waals surface area contributed by atoms with Gasteiger partial charge >= 0.3 is 0 Å². The molecule has 0 spiro atoms. The zero-order chi connectivity index (χ0) is 14.8. The Morgan fingerprint density at radius 1 is 1.43 bits per heavy atom. The SMILES string of the molecule is N#Cc1c[nH]c(-c2nc(Cc3cccc(Cl)c3F)no2)c1. The molecule has 7 heteroatoms. The lowest BCUT2D eigenvalue weighted by Crippen LogP contribution is -1.95. The van der Waals surface area contributed by atoms with Crippen molar-refractivity contribution >= 4 is 11.6 Å². The number of benzene rings is 1. The molecular weight excluding hydrogens is 295 g/mol. The van der Waals surface area contributed by atoms with Gasteiger partial charge in [-0.1, -0.05) is 28.9 Å². The monoisotopic (exact) mass is 302 g/mol. The molecule has 0 radical (unpaired) electrons. The average Bonchev–Trinajstić information content (AvgIpc) is 3.12. The number of hydrogen-bond donors (Lipinski definition) is 1. The van der Waals surface area contributed by atoms with E-state index in [0.29, 0.717) is 22.6 Å². The van der Waals surface area contributed by atoms with Crippen LogP contribution in [-0.4, -0.2) is 15.1 Å². The number of H-pyrrole nitrogens is 1. The van der Waals surface area contributed by atoms with Gasteiger partial charge in [-0.05, 0) is 17.7 Å². The molecule has 0 unspecified atom stereocenters. The van der Waals surface area contributed by atoms with Gasteiger partial charge in [0.25, 0.3) is 5.89 Å². The first kappa shape index (κ1) is 13.3. The van der Waals surface area contributed by atoms with Crippen molar-refractivity contribution < 1.29 is 8.91 Å². The van der Waals surface area contributed by atoms with Crippen LogP contribution in [0.3, 0.4) is 0 Å². The Labute approximate surface area is 124 Å². The highest BCUT2D eigenvalue weighted by Gasteiger charge is 2.14. The molecule has 0 aliphatic heterocycles. The van der Waals surface area contributed by atoms with Gasteiger partial charge in [-0.3, -0.25) is 0 Å². The van der Waals surface area contributed by atoms with E-state index in [1.54, 1.807) is 18.2 Å². The Hall–Kier alpha value is -2.65. The van der Waals surface area contributed by atoms with Gasteiger partial charge in [-0.25, -0.2) is 4.39 Å². The molecule has 0 amide bonds. The molecule has 5 nitrogen and oxygen atoms in total. The highest BCUT2D eigenvalue weighted by molar-refractivity contribution is 6.30. The minimum Gasteiger partial charge on any atom is -0.356 e. The smallest absolute Gasteiger partial charge is 0.274 e. The van der Waals surface area contributed by atoms with Crippen LogP contribution in [0.1, 0.15) is 17.0 Å². The van der Waals surface area contributed by atoms with E-state index < -0.39 is 5.82 Å². The molecule has 3 rings (SSSR count). The topological polar surface area (TPSA) is 78.5 Å². The molecular formula is C14H8ClFN4O. The maximum Gasteiger partial charge on any atom is 0.274 e. The first-order chi connectivity index (χ1) is 10.2. The van der Waals surface area contributed by atoms with Crippen LogP contribution in [-0.2, 0) is 6.42 Å². The van der Waals surface area contributed by atoms with Crippen molar-refractivity contribution in [3.8, 4) is 17.7 Å². The van der Waals surface area contributed by atoms with Crippen LogP contribution in [0.15, 0.2) is 35.0 Å². The lowest BCUT2D eigenvalue weighted by Gasteiger charge is -2.00. The second-order valence-electron chi connectivity index (χ2n) is 4.32. The maximum absolute atomic E-state index is 13.8. The molecule has 2 aromatic heterocycles. The van der Waals surface area contributed by atoms with Gasteiger partial charge in [-0.15, -0.1) is 0 Å². The van der Waals surface area contributed by atoms with Gasteiger partial charge in [0, 0.05) is 12.6 Å². The summed E-state index contributed by atoms with van der Waals surface area (Å²) in [6.07, 6.45) is 1.71. The van der Waals surface area contributed by atoms with E-state index in [-0.39, 0.29) is 17.3 Å². The van der Waals surface area contributed by atoms with E-state index in [2.05, 4.69) is 15.1 Å². The summed E-state index contributed by atoms with van der Waals surface area (Å²) in [6, 6.07) is 8.33. The number of nitrogens with zero attached hydrogens (tertiary/aromatic N) is 3. The van der Waals surface area contributed by atoms with Gasteiger partial charge in [0.05, 0.1) is 10.6 Å². The summed E-state index contributed by atoms with van der Waals surface area (Å²) < 4.78 is 18.9. The maximum atomic E-state index is 13.8. The molecule has 3 aromatic rings. The fourth-order valence-electron chi connectivity index (χ4n) is 1.87. The van der Waals surface area contributed by atoms with Crippen molar-refractivity contribution in [2.24, 2.45) is 0 Å². The number of aromatic nitrogens is 3. The number of nitrogens with one attached hydrogen (secondary N) is 1. The van der Waals surface area contributed by atoms with Crippen molar-refractivity contribution in [2.75, 3.05) is 0 Å².